The van der Waals surface area contributed by atoms with E-state index in [1.165, 1.54) is 0 Å². The van der Waals surface area contributed by atoms with Gasteiger partial charge in [0.2, 0.25) is 12.6 Å². The first kappa shape index (κ1) is 9.92. The van der Waals surface area contributed by atoms with Gasteiger partial charge < -0.3 is 14.0 Å². The number of ether oxygens (including phenoxy) is 2. The number of hydrogen-bond acceptors (Lipinski definition) is 5. The van der Waals surface area contributed by atoms with Crippen LogP contribution in [0.15, 0.2) is 21.1 Å². The first-order valence-corrected chi connectivity index (χ1v) is 5.50. The third-order valence-electron chi connectivity index (χ3n) is 2.09. The lowest BCUT2D eigenvalue weighted by Gasteiger charge is -2.01. The van der Waals surface area contributed by atoms with E-state index < -0.39 is 0 Å². The van der Waals surface area contributed by atoms with Crippen molar-refractivity contribution in [1.82, 2.24) is 10.1 Å². The third kappa shape index (κ3) is 1.54. The molecular weight excluding hydrogens is 299 g/mol. The highest BCUT2D eigenvalue weighted by Gasteiger charge is 2.20. The lowest BCUT2D eigenvalue weighted by molar-refractivity contribution is 0.173. The Morgan fingerprint density at radius 2 is 2.19 bits per heavy atom. The number of benzene rings is 1. The van der Waals surface area contributed by atoms with Crippen molar-refractivity contribution >= 4 is 27.5 Å². The van der Waals surface area contributed by atoms with Gasteiger partial charge in [-0.3, -0.25) is 0 Å². The van der Waals surface area contributed by atoms with Crippen molar-refractivity contribution in [2.24, 2.45) is 0 Å². The molecule has 2 heterocycles. The van der Waals surface area contributed by atoms with Gasteiger partial charge in [-0.25, -0.2) is 0 Å². The monoisotopic (exact) mass is 302 g/mol. The highest BCUT2D eigenvalue weighted by molar-refractivity contribution is 9.10. The molecule has 0 atom stereocenters. The van der Waals surface area contributed by atoms with Crippen LogP contribution in [0.4, 0.5) is 0 Å². The van der Waals surface area contributed by atoms with Gasteiger partial charge in [0.15, 0.2) is 11.5 Å². The number of nitrogens with zero attached hydrogens (tertiary/aromatic N) is 2. The smallest absolute Gasteiger partial charge is 0.320 e. The summed E-state index contributed by atoms with van der Waals surface area (Å²) in [6, 6.07) is 3.59. The van der Waals surface area contributed by atoms with Crippen molar-refractivity contribution < 1.29 is 14.0 Å². The summed E-state index contributed by atoms with van der Waals surface area (Å²) in [5.74, 6) is 1.73. The molecule has 0 unspecified atom stereocenters. The number of hydrogen-bond donors (Lipinski definition) is 0. The molecule has 1 aromatic carbocycles. The summed E-state index contributed by atoms with van der Waals surface area (Å²) in [7, 11) is 0. The molecule has 0 radical (unpaired) electrons. The molecule has 0 N–H and O–H groups in total. The maximum atomic E-state index is 5.56. The van der Waals surface area contributed by atoms with E-state index in [1.54, 1.807) is 6.07 Å². The van der Waals surface area contributed by atoms with E-state index in [0.29, 0.717) is 17.3 Å². The van der Waals surface area contributed by atoms with Gasteiger partial charge in [0.1, 0.15) is 0 Å². The summed E-state index contributed by atoms with van der Waals surface area (Å²) in [5, 5.41) is 3.72. The molecule has 0 amide bonds. The second kappa shape index (κ2) is 3.64. The van der Waals surface area contributed by atoms with E-state index in [0.717, 1.165) is 10.0 Å². The Kier molecular flexibility index (Phi) is 2.26. The molecule has 1 aromatic heterocycles. The van der Waals surface area contributed by atoms with Gasteiger partial charge in [-0.1, -0.05) is 5.16 Å². The van der Waals surface area contributed by atoms with E-state index in [9.17, 15) is 0 Å². The second-order valence-electron chi connectivity index (χ2n) is 3.06. The van der Waals surface area contributed by atoms with E-state index in [2.05, 4.69) is 26.1 Å². The normalized spacial score (nSPS) is 13.1. The van der Waals surface area contributed by atoms with Crippen molar-refractivity contribution in [3.8, 4) is 22.9 Å². The summed E-state index contributed by atoms with van der Waals surface area (Å²) < 4.78 is 16.0. The highest BCUT2D eigenvalue weighted by atomic mass is 79.9. The van der Waals surface area contributed by atoms with Gasteiger partial charge in [-0.15, -0.1) is 0 Å². The minimum absolute atomic E-state index is 0.00351. The zero-order chi connectivity index (χ0) is 11.1. The molecule has 0 bridgehead atoms. The molecule has 2 aromatic rings. The topological polar surface area (TPSA) is 57.4 Å². The number of halogens is 2. The minimum atomic E-state index is 0.00351. The van der Waals surface area contributed by atoms with Gasteiger partial charge in [0.05, 0.1) is 4.47 Å². The Hall–Kier alpha value is -1.27. The first-order valence-electron chi connectivity index (χ1n) is 4.33. The van der Waals surface area contributed by atoms with Gasteiger partial charge in [0, 0.05) is 5.56 Å². The number of fused-ring (bicyclic) bond motifs is 1. The molecule has 1 aliphatic rings. The SMILES string of the molecule is Clc1nc(-c2cc(Br)c3c(c2)OCO3)no1. The van der Waals surface area contributed by atoms with Crippen molar-refractivity contribution in [2.45, 2.75) is 0 Å². The van der Waals surface area contributed by atoms with Crippen LogP contribution in [0.3, 0.4) is 0 Å². The van der Waals surface area contributed by atoms with Crippen molar-refractivity contribution in [1.29, 1.82) is 0 Å². The average molecular weight is 303 g/mol. The van der Waals surface area contributed by atoms with Crippen LogP contribution in [0.5, 0.6) is 11.5 Å². The van der Waals surface area contributed by atoms with Crippen LogP contribution >= 0.6 is 27.5 Å². The fraction of sp³-hybridized carbons (Fsp3) is 0.111. The lowest BCUT2D eigenvalue weighted by atomic mass is 10.2. The molecule has 16 heavy (non-hydrogen) atoms. The average Bonchev–Trinajstić information content (AvgIpc) is 2.85. The van der Waals surface area contributed by atoms with E-state index >= 15 is 0 Å². The van der Waals surface area contributed by atoms with Crippen molar-refractivity contribution in [3.05, 3.63) is 22.0 Å². The predicted octanol–water partition coefficient (Wildman–Crippen LogP) is 2.88. The molecule has 5 nitrogen and oxygen atoms in total. The lowest BCUT2D eigenvalue weighted by Crippen LogP contribution is -1.93. The van der Waals surface area contributed by atoms with Crippen LogP contribution in [-0.2, 0) is 0 Å². The highest BCUT2D eigenvalue weighted by Crippen LogP contribution is 2.41. The maximum Gasteiger partial charge on any atom is 0.320 e. The summed E-state index contributed by atoms with van der Waals surface area (Å²) in [5.41, 5.74) is 0.742. The Morgan fingerprint density at radius 3 is 2.94 bits per heavy atom. The molecule has 1 aliphatic heterocycles. The molecule has 82 valence electrons. The molecule has 7 heteroatoms. The fourth-order valence-electron chi connectivity index (χ4n) is 1.42. The van der Waals surface area contributed by atoms with Crippen LogP contribution < -0.4 is 9.47 Å². The molecule has 0 fully saturated rings. The molecule has 0 aliphatic carbocycles. The summed E-state index contributed by atoms with van der Waals surface area (Å²) in [6.07, 6.45) is 0. The van der Waals surface area contributed by atoms with Crippen LogP contribution in [0.2, 0.25) is 5.35 Å². The number of aromatic nitrogens is 2. The van der Waals surface area contributed by atoms with Crippen molar-refractivity contribution in [2.75, 3.05) is 6.79 Å². The van der Waals surface area contributed by atoms with Gasteiger partial charge >= 0.3 is 5.35 Å². The Labute approximate surface area is 103 Å². The maximum absolute atomic E-state index is 5.56. The Bertz CT molecular complexity index is 558. The van der Waals surface area contributed by atoms with Crippen LogP contribution in [0.1, 0.15) is 0 Å². The van der Waals surface area contributed by atoms with Crippen LogP contribution in [0.25, 0.3) is 11.4 Å². The van der Waals surface area contributed by atoms with Gasteiger partial charge in [-0.05, 0) is 39.7 Å². The van der Waals surface area contributed by atoms with Crippen molar-refractivity contribution in [3.63, 3.8) is 0 Å². The number of rotatable bonds is 1. The molecule has 0 saturated heterocycles. The Morgan fingerprint density at radius 1 is 1.31 bits per heavy atom. The van der Waals surface area contributed by atoms with E-state index in [1.807, 2.05) is 6.07 Å². The standard InChI is InChI=1S/C9H4BrClN2O3/c10-5-1-4(8-12-9(11)16-13-8)2-6-7(5)15-3-14-6/h1-2H,3H2. The quantitative estimate of drug-likeness (QED) is 0.811. The zero-order valence-electron chi connectivity index (χ0n) is 7.74. The van der Waals surface area contributed by atoms with Crippen LogP contribution in [-0.4, -0.2) is 16.9 Å². The predicted molar refractivity (Wildman–Crippen MR) is 58.6 cm³/mol. The summed E-state index contributed by atoms with van der Waals surface area (Å²) in [4.78, 5) is 3.92. The van der Waals surface area contributed by atoms with E-state index in [4.69, 9.17) is 25.6 Å². The molecule has 0 spiro atoms. The largest absolute Gasteiger partial charge is 0.454 e. The third-order valence-corrected chi connectivity index (χ3v) is 2.83. The summed E-state index contributed by atoms with van der Waals surface area (Å²) in [6.45, 7) is 0.213. The minimum Gasteiger partial charge on any atom is -0.454 e. The van der Waals surface area contributed by atoms with Crippen LogP contribution in [0, 0.1) is 0 Å². The molecular formula is C9H4BrClN2O3. The second-order valence-corrected chi connectivity index (χ2v) is 4.24. The zero-order valence-corrected chi connectivity index (χ0v) is 10.1. The van der Waals surface area contributed by atoms with Gasteiger partial charge in [-0.2, -0.15) is 4.98 Å². The van der Waals surface area contributed by atoms with E-state index in [-0.39, 0.29) is 12.1 Å². The first-order chi connectivity index (χ1) is 7.74. The summed E-state index contributed by atoms with van der Waals surface area (Å²) >= 11 is 8.94. The Balaban J connectivity index is 2.12. The molecule has 3 rings (SSSR count). The fourth-order valence-corrected chi connectivity index (χ4v) is 2.09. The van der Waals surface area contributed by atoms with Gasteiger partial charge in [0.25, 0.3) is 0 Å². The molecule has 0 saturated carbocycles.